The number of nitrogens with zero attached hydrogens (tertiary/aromatic N) is 6. The number of carbonyl (C=O) groups is 4. The summed E-state index contributed by atoms with van der Waals surface area (Å²) in [6.07, 6.45) is 8.74. The van der Waals surface area contributed by atoms with Gasteiger partial charge in [0.2, 0.25) is 0 Å². The fourth-order valence-electron chi connectivity index (χ4n) is 6.00. The minimum atomic E-state index is -0.753. The van der Waals surface area contributed by atoms with Gasteiger partial charge in [0, 0.05) is 22.3 Å². The van der Waals surface area contributed by atoms with Gasteiger partial charge in [-0.25, -0.2) is 19.2 Å². The fraction of sp³-hybridized carbons (Fsp3) is 0.276. The van der Waals surface area contributed by atoms with E-state index in [0.29, 0.717) is 42.0 Å². The van der Waals surface area contributed by atoms with Gasteiger partial charge in [0.25, 0.3) is 0 Å². The van der Waals surface area contributed by atoms with Gasteiger partial charge in [-0.15, -0.1) is 29.9 Å². The molecule has 402 valence electrons. The maximum Gasteiger partial charge on any atom is 0.340 e. The first kappa shape index (κ1) is 58.6. The highest BCUT2D eigenvalue weighted by atomic mass is 16.6. The third kappa shape index (κ3) is 20.5. The summed E-state index contributed by atoms with van der Waals surface area (Å²) < 4.78 is 49.3. The average Bonchev–Trinajstić information content (AvgIpc) is 3.40. The van der Waals surface area contributed by atoms with Gasteiger partial charge in [-0.1, -0.05) is 103 Å². The zero-order valence-electron chi connectivity index (χ0n) is 44.1. The molecular formula is C58H62N6O13. The molecule has 0 aliphatic rings. The van der Waals surface area contributed by atoms with Crippen molar-refractivity contribution >= 4 is 23.9 Å². The predicted molar refractivity (Wildman–Crippen MR) is 286 cm³/mol. The summed E-state index contributed by atoms with van der Waals surface area (Å²) in [5, 5.41) is 0. The van der Waals surface area contributed by atoms with Gasteiger partial charge >= 0.3 is 59.9 Å². The molecule has 0 unspecified atom stereocenters. The van der Waals surface area contributed by atoms with Crippen LogP contribution < -0.4 is 42.6 Å². The van der Waals surface area contributed by atoms with Crippen molar-refractivity contribution in [1.29, 1.82) is 0 Å². The molecule has 2 aromatic heterocycles. The maximum absolute atomic E-state index is 11.9. The number of ether oxygens (including phenoxy) is 9. The van der Waals surface area contributed by atoms with E-state index in [9.17, 15) is 19.2 Å². The molecule has 0 aliphatic heterocycles. The standard InChI is InChI=1S/C29H31N3O7.C29H31N3O6/c1-6-7-8-9-18-35-27-30-28(38-23-14-10-21(11-15-23)36-25(33)19(2)3)32-29(31-27)39-24-16-12-22(13-17-24)37-26(34)20(4)5;1-6-7-8-9-18-35-23-14-10-21(11-15-23)22-12-16-24(17-13-22)36-27-30-28(37-25(33)19(2)3)32-29(31-27)38-26(34)20(4)5/h10-17H,2,4,6-9,18H2,1,3,5H3;10-17H,2,4,6-9,18H2,1,3,5H3. The second-order valence-electron chi connectivity index (χ2n) is 17.2. The minimum Gasteiger partial charge on any atom is -0.494 e. The summed E-state index contributed by atoms with van der Waals surface area (Å²) in [5.41, 5.74) is 2.83. The van der Waals surface area contributed by atoms with Gasteiger partial charge < -0.3 is 42.6 Å². The first-order valence-electron chi connectivity index (χ1n) is 24.7. The zero-order chi connectivity index (χ0) is 55.7. The number of esters is 4. The first-order valence-corrected chi connectivity index (χ1v) is 24.7. The Balaban J connectivity index is 0.000000284. The molecule has 77 heavy (non-hydrogen) atoms. The van der Waals surface area contributed by atoms with Crippen LogP contribution in [0.5, 0.6) is 70.6 Å². The van der Waals surface area contributed by atoms with Crippen molar-refractivity contribution < 1.29 is 61.8 Å². The van der Waals surface area contributed by atoms with E-state index < -0.39 is 35.9 Å². The zero-order valence-corrected chi connectivity index (χ0v) is 44.1. The number of benzene rings is 4. The summed E-state index contributed by atoms with van der Waals surface area (Å²) >= 11 is 0. The molecule has 0 spiro atoms. The lowest BCUT2D eigenvalue weighted by molar-refractivity contribution is -0.131. The Morgan fingerprint density at radius 3 is 0.987 bits per heavy atom. The number of hydrogen-bond donors (Lipinski definition) is 0. The number of hydrogen-bond acceptors (Lipinski definition) is 19. The molecule has 0 saturated heterocycles. The minimum absolute atomic E-state index is 0.0468. The molecule has 19 nitrogen and oxygen atoms in total. The molecule has 19 heteroatoms. The Morgan fingerprint density at radius 1 is 0.338 bits per heavy atom. The van der Waals surface area contributed by atoms with E-state index in [1.165, 1.54) is 33.1 Å². The molecular weight excluding hydrogens is 989 g/mol. The molecule has 0 bridgehead atoms. The highest BCUT2D eigenvalue weighted by Crippen LogP contribution is 2.30. The van der Waals surface area contributed by atoms with Gasteiger partial charge in [0.15, 0.2) is 0 Å². The van der Waals surface area contributed by atoms with Crippen LogP contribution in [0, 0.1) is 0 Å². The fourth-order valence-corrected chi connectivity index (χ4v) is 6.00. The molecule has 6 aromatic rings. The van der Waals surface area contributed by atoms with E-state index in [-0.39, 0.29) is 46.3 Å². The highest BCUT2D eigenvalue weighted by molar-refractivity contribution is 5.90. The van der Waals surface area contributed by atoms with Crippen LogP contribution in [0.3, 0.4) is 0 Å². The normalized spacial score (nSPS) is 10.4. The van der Waals surface area contributed by atoms with Crippen LogP contribution in [0.2, 0.25) is 0 Å². The van der Waals surface area contributed by atoms with Crippen LogP contribution in [0.15, 0.2) is 146 Å². The quantitative estimate of drug-likeness (QED) is 0.0202. The Kier molecular flexibility index (Phi) is 23.0. The lowest BCUT2D eigenvalue weighted by Gasteiger charge is -2.10. The van der Waals surface area contributed by atoms with Crippen molar-refractivity contribution in [2.24, 2.45) is 0 Å². The van der Waals surface area contributed by atoms with E-state index in [1.807, 2.05) is 36.4 Å². The summed E-state index contributed by atoms with van der Waals surface area (Å²) in [7, 11) is 0. The summed E-state index contributed by atoms with van der Waals surface area (Å²) in [6, 6.07) is 26.7. The van der Waals surface area contributed by atoms with Gasteiger partial charge in [-0.05, 0) is 124 Å². The van der Waals surface area contributed by atoms with Gasteiger partial charge in [-0.2, -0.15) is 0 Å². The smallest absolute Gasteiger partial charge is 0.340 e. The number of unbranched alkanes of at least 4 members (excludes halogenated alkanes) is 6. The average molecular weight is 1050 g/mol. The second kappa shape index (κ2) is 30.2. The van der Waals surface area contributed by atoms with Gasteiger partial charge in [-0.3, -0.25) is 0 Å². The molecule has 0 atom stereocenters. The Hall–Kier alpha value is -9.26. The number of carbonyl (C=O) groups excluding carboxylic acids is 4. The lowest BCUT2D eigenvalue weighted by atomic mass is 10.1. The van der Waals surface area contributed by atoms with Crippen molar-refractivity contribution in [1.82, 2.24) is 29.9 Å². The Morgan fingerprint density at radius 2 is 0.623 bits per heavy atom. The molecule has 0 aliphatic carbocycles. The molecule has 0 fully saturated rings. The summed E-state index contributed by atoms with van der Waals surface area (Å²) in [5.74, 6) is 0.142. The predicted octanol–water partition coefficient (Wildman–Crippen LogP) is 12.6. The van der Waals surface area contributed by atoms with E-state index in [4.69, 9.17) is 42.6 Å². The van der Waals surface area contributed by atoms with Crippen LogP contribution in [-0.2, 0) is 19.2 Å². The van der Waals surface area contributed by atoms with E-state index in [0.717, 1.165) is 49.0 Å². The Bertz CT molecular complexity index is 2860. The topological polar surface area (TPSA) is 229 Å². The van der Waals surface area contributed by atoms with Crippen LogP contribution in [0.25, 0.3) is 11.1 Å². The van der Waals surface area contributed by atoms with Crippen LogP contribution >= 0.6 is 0 Å². The van der Waals surface area contributed by atoms with E-state index >= 15 is 0 Å². The monoisotopic (exact) mass is 1050 g/mol. The molecule has 0 radical (unpaired) electrons. The molecule has 0 saturated carbocycles. The van der Waals surface area contributed by atoms with Crippen LogP contribution in [0.1, 0.15) is 92.9 Å². The maximum atomic E-state index is 11.9. The summed E-state index contributed by atoms with van der Waals surface area (Å²) in [4.78, 5) is 71.8. The SMILES string of the molecule is C=C(C)C(=O)Oc1ccc(Oc2nc(OCCCCCC)nc(Oc3ccc(OC(=O)C(=C)C)cc3)n2)cc1.C=C(C)C(=O)Oc1nc(OC(=O)C(=C)C)nc(Oc2ccc(-c3ccc(OCCCCCC)cc3)cc2)n1. The van der Waals surface area contributed by atoms with Gasteiger partial charge in [0.1, 0.15) is 34.5 Å². The van der Waals surface area contributed by atoms with Gasteiger partial charge in [0.05, 0.1) is 13.2 Å². The number of rotatable bonds is 27. The third-order valence-electron chi connectivity index (χ3n) is 10.1. The van der Waals surface area contributed by atoms with Crippen molar-refractivity contribution in [3.8, 4) is 81.7 Å². The molecule has 0 amide bonds. The molecule has 6 rings (SSSR count). The molecule has 0 N–H and O–H groups in total. The Labute approximate surface area is 447 Å². The van der Waals surface area contributed by atoms with E-state index in [1.54, 1.807) is 74.5 Å². The van der Waals surface area contributed by atoms with Crippen LogP contribution in [-0.4, -0.2) is 67.0 Å². The molecule has 4 aromatic carbocycles. The summed E-state index contributed by atoms with van der Waals surface area (Å²) in [6.45, 7) is 25.7. The largest absolute Gasteiger partial charge is 0.494 e. The number of aromatic nitrogens is 6. The highest BCUT2D eigenvalue weighted by Gasteiger charge is 2.18. The third-order valence-corrected chi connectivity index (χ3v) is 10.1. The van der Waals surface area contributed by atoms with Crippen LogP contribution in [0.4, 0.5) is 0 Å². The van der Waals surface area contributed by atoms with Crippen molar-refractivity contribution in [2.45, 2.75) is 92.9 Å². The van der Waals surface area contributed by atoms with E-state index in [2.05, 4.69) is 70.1 Å². The first-order chi connectivity index (χ1) is 37.0. The van der Waals surface area contributed by atoms with Crippen molar-refractivity contribution in [2.75, 3.05) is 13.2 Å². The van der Waals surface area contributed by atoms with Crippen molar-refractivity contribution in [3.63, 3.8) is 0 Å². The van der Waals surface area contributed by atoms with Crippen molar-refractivity contribution in [3.05, 3.63) is 146 Å². The molecule has 2 heterocycles. The second-order valence-corrected chi connectivity index (χ2v) is 17.2. The lowest BCUT2D eigenvalue weighted by Crippen LogP contribution is -2.14.